The van der Waals surface area contributed by atoms with E-state index in [0.717, 1.165) is 68.6 Å². The molecular formula is C21H30N4O2. The molecule has 1 N–H and O–H groups in total. The maximum Gasteiger partial charge on any atom is 0.270 e. The number of H-pyrrole nitrogens is 1. The first-order chi connectivity index (χ1) is 13.1. The molecule has 0 bridgehead atoms. The maximum absolute atomic E-state index is 12.7. The average Bonchev–Trinajstić information content (AvgIpc) is 3.12. The first-order valence-electron chi connectivity index (χ1n) is 10.3. The highest BCUT2D eigenvalue weighted by atomic mass is 16.5. The van der Waals surface area contributed by atoms with Crippen LogP contribution in [0, 0.1) is 0 Å². The second-order valence-electron chi connectivity index (χ2n) is 8.09. The molecule has 2 aliphatic rings. The number of piperidine rings is 2. The Labute approximate surface area is 160 Å². The molecule has 0 aliphatic carbocycles. The normalized spacial score (nSPS) is 19.7. The van der Waals surface area contributed by atoms with Crippen LogP contribution in [0.5, 0.6) is 5.75 Å². The van der Waals surface area contributed by atoms with Crippen LogP contribution in [0.25, 0.3) is 11.0 Å². The highest BCUT2D eigenvalue weighted by Gasteiger charge is 2.23. The van der Waals surface area contributed by atoms with Gasteiger partial charge in [-0.1, -0.05) is 0 Å². The molecule has 2 fully saturated rings. The first kappa shape index (κ1) is 18.3. The zero-order chi connectivity index (χ0) is 18.8. The lowest BCUT2D eigenvalue weighted by Gasteiger charge is -2.34. The fraction of sp³-hybridized carbons (Fsp3) is 0.619. The number of rotatable bonds is 4. The number of nitrogens with one attached hydrogen (secondary N) is 1. The van der Waals surface area contributed by atoms with E-state index in [0.29, 0.717) is 11.7 Å². The van der Waals surface area contributed by atoms with Gasteiger partial charge in [-0.15, -0.1) is 0 Å². The number of carbonyl (C=O) groups is 1. The van der Waals surface area contributed by atoms with Crippen molar-refractivity contribution in [3.05, 3.63) is 24.0 Å². The smallest absolute Gasteiger partial charge is 0.270 e. The summed E-state index contributed by atoms with van der Waals surface area (Å²) in [4.78, 5) is 24.8. The number of likely N-dealkylation sites (tertiary alicyclic amines) is 2. The Morgan fingerprint density at radius 2 is 1.89 bits per heavy atom. The first-order valence-corrected chi connectivity index (χ1v) is 10.3. The Balaban J connectivity index is 1.43. The second-order valence-corrected chi connectivity index (χ2v) is 8.09. The predicted octanol–water partition coefficient (Wildman–Crippen LogP) is 3.44. The standard InChI is InChI=1S/C21H30N4O2/c1-15(2)24-10-6-17(7-11-24)27-18-12-16-13-19(23-20(16)22-14-18)21(26)25-8-4-3-5-9-25/h12-15,17H,3-11H2,1-2H3,(H,22,23). The number of pyridine rings is 1. The molecule has 0 saturated carbocycles. The van der Waals surface area contributed by atoms with E-state index >= 15 is 0 Å². The Morgan fingerprint density at radius 3 is 2.59 bits per heavy atom. The van der Waals surface area contributed by atoms with Crippen LogP contribution in [0.15, 0.2) is 18.3 Å². The van der Waals surface area contributed by atoms with Crippen molar-refractivity contribution in [1.82, 2.24) is 19.8 Å². The van der Waals surface area contributed by atoms with Gasteiger partial charge in [0.2, 0.25) is 0 Å². The summed E-state index contributed by atoms with van der Waals surface area (Å²) < 4.78 is 6.18. The van der Waals surface area contributed by atoms with Crippen molar-refractivity contribution >= 4 is 16.9 Å². The van der Waals surface area contributed by atoms with Crippen LogP contribution in [0.1, 0.15) is 56.4 Å². The summed E-state index contributed by atoms with van der Waals surface area (Å²) in [5, 5.41) is 0.937. The molecule has 0 atom stereocenters. The number of aromatic amines is 1. The molecule has 2 aromatic heterocycles. The molecule has 4 heterocycles. The van der Waals surface area contributed by atoms with Crippen molar-refractivity contribution < 1.29 is 9.53 Å². The van der Waals surface area contributed by atoms with Crippen LogP contribution in [-0.4, -0.2) is 64.0 Å². The second kappa shape index (κ2) is 7.89. The summed E-state index contributed by atoms with van der Waals surface area (Å²) in [6.45, 7) is 8.35. The Hall–Kier alpha value is -2.08. The molecule has 4 rings (SSSR count). The lowest BCUT2D eigenvalue weighted by Crippen LogP contribution is -2.41. The monoisotopic (exact) mass is 370 g/mol. The van der Waals surface area contributed by atoms with Crippen LogP contribution in [0.4, 0.5) is 0 Å². The van der Waals surface area contributed by atoms with Crippen LogP contribution >= 0.6 is 0 Å². The summed E-state index contributed by atoms with van der Waals surface area (Å²) in [7, 11) is 0. The van der Waals surface area contributed by atoms with Crippen molar-refractivity contribution in [2.75, 3.05) is 26.2 Å². The van der Waals surface area contributed by atoms with E-state index in [1.807, 2.05) is 17.0 Å². The minimum atomic E-state index is 0.0798. The third-order valence-corrected chi connectivity index (χ3v) is 5.83. The van der Waals surface area contributed by atoms with E-state index in [1.54, 1.807) is 6.20 Å². The Bertz CT molecular complexity index is 787. The fourth-order valence-electron chi connectivity index (χ4n) is 4.14. The molecule has 0 unspecified atom stereocenters. The number of hydrogen-bond donors (Lipinski definition) is 1. The molecule has 146 valence electrons. The molecular weight excluding hydrogens is 340 g/mol. The van der Waals surface area contributed by atoms with Gasteiger partial charge in [0, 0.05) is 37.6 Å². The van der Waals surface area contributed by atoms with Crippen molar-refractivity contribution in [1.29, 1.82) is 0 Å². The molecule has 0 spiro atoms. The number of hydrogen-bond acceptors (Lipinski definition) is 4. The molecule has 0 radical (unpaired) electrons. The number of aromatic nitrogens is 2. The lowest BCUT2D eigenvalue weighted by atomic mass is 10.1. The van der Waals surface area contributed by atoms with Gasteiger partial charge >= 0.3 is 0 Å². The van der Waals surface area contributed by atoms with Crippen LogP contribution in [0.3, 0.4) is 0 Å². The van der Waals surface area contributed by atoms with E-state index in [4.69, 9.17) is 4.74 Å². The van der Waals surface area contributed by atoms with E-state index < -0.39 is 0 Å². The number of fused-ring (bicyclic) bond motifs is 1. The SMILES string of the molecule is CC(C)N1CCC(Oc2cnc3[nH]c(C(=O)N4CCCCC4)cc3c2)CC1. The van der Waals surface area contributed by atoms with Gasteiger partial charge in [0.05, 0.1) is 6.20 Å². The lowest BCUT2D eigenvalue weighted by molar-refractivity contribution is 0.0719. The van der Waals surface area contributed by atoms with E-state index in [9.17, 15) is 4.79 Å². The van der Waals surface area contributed by atoms with Gasteiger partial charge in [-0.3, -0.25) is 4.79 Å². The van der Waals surface area contributed by atoms with Crippen molar-refractivity contribution in [3.8, 4) is 5.75 Å². The van der Waals surface area contributed by atoms with E-state index in [-0.39, 0.29) is 12.0 Å². The van der Waals surface area contributed by atoms with Crippen molar-refractivity contribution in [3.63, 3.8) is 0 Å². The minimum absolute atomic E-state index is 0.0798. The maximum atomic E-state index is 12.7. The van der Waals surface area contributed by atoms with Crippen LogP contribution in [-0.2, 0) is 0 Å². The molecule has 2 aromatic rings. The number of ether oxygens (including phenoxy) is 1. The predicted molar refractivity (Wildman–Crippen MR) is 106 cm³/mol. The molecule has 2 saturated heterocycles. The highest BCUT2D eigenvalue weighted by molar-refractivity contribution is 5.97. The number of nitrogens with zero attached hydrogens (tertiary/aromatic N) is 3. The van der Waals surface area contributed by atoms with Crippen molar-refractivity contribution in [2.45, 2.75) is 58.1 Å². The fourth-order valence-corrected chi connectivity index (χ4v) is 4.14. The van der Waals surface area contributed by atoms with Gasteiger partial charge in [-0.05, 0) is 58.1 Å². The van der Waals surface area contributed by atoms with E-state index in [1.165, 1.54) is 6.42 Å². The topological polar surface area (TPSA) is 61.5 Å². The Kier molecular flexibility index (Phi) is 5.34. The number of carbonyl (C=O) groups excluding carboxylic acids is 1. The van der Waals surface area contributed by atoms with Crippen LogP contribution < -0.4 is 4.74 Å². The molecule has 0 aromatic carbocycles. The van der Waals surface area contributed by atoms with Gasteiger partial charge in [0.1, 0.15) is 23.2 Å². The van der Waals surface area contributed by atoms with Gasteiger partial charge in [0.25, 0.3) is 5.91 Å². The molecule has 2 aliphatic heterocycles. The van der Waals surface area contributed by atoms with E-state index in [2.05, 4.69) is 28.7 Å². The quantitative estimate of drug-likeness (QED) is 0.896. The van der Waals surface area contributed by atoms with Gasteiger partial charge < -0.3 is 19.5 Å². The minimum Gasteiger partial charge on any atom is -0.489 e. The summed E-state index contributed by atoms with van der Waals surface area (Å²) >= 11 is 0. The van der Waals surface area contributed by atoms with Gasteiger partial charge in [-0.25, -0.2) is 4.98 Å². The van der Waals surface area contributed by atoms with Crippen LogP contribution in [0.2, 0.25) is 0 Å². The zero-order valence-corrected chi connectivity index (χ0v) is 16.4. The van der Waals surface area contributed by atoms with Gasteiger partial charge in [0.15, 0.2) is 0 Å². The third kappa shape index (κ3) is 4.10. The summed E-state index contributed by atoms with van der Waals surface area (Å²) in [5.74, 6) is 0.873. The summed E-state index contributed by atoms with van der Waals surface area (Å²) in [6.07, 6.45) is 7.50. The largest absolute Gasteiger partial charge is 0.489 e. The average molecular weight is 370 g/mol. The summed E-state index contributed by atoms with van der Waals surface area (Å²) in [6, 6.07) is 4.51. The molecule has 6 nitrogen and oxygen atoms in total. The Morgan fingerprint density at radius 1 is 1.15 bits per heavy atom. The molecule has 6 heteroatoms. The number of amides is 1. The molecule has 27 heavy (non-hydrogen) atoms. The third-order valence-electron chi connectivity index (χ3n) is 5.83. The molecule has 1 amide bonds. The highest BCUT2D eigenvalue weighted by Crippen LogP contribution is 2.24. The van der Waals surface area contributed by atoms with Crippen molar-refractivity contribution in [2.24, 2.45) is 0 Å². The zero-order valence-electron chi connectivity index (χ0n) is 16.4. The van der Waals surface area contributed by atoms with Gasteiger partial charge in [-0.2, -0.15) is 0 Å². The summed E-state index contributed by atoms with van der Waals surface area (Å²) in [5.41, 5.74) is 1.37.